The fourth-order valence-electron chi connectivity index (χ4n) is 3.45. The summed E-state index contributed by atoms with van der Waals surface area (Å²) in [4.78, 5) is 19.9. The molecule has 1 amide bonds. The van der Waals surface area contributed by atoms with Gasteiger partial charge in [0.05, 0.1) is 7.11 Å². The maximum absolute atomic E-state index is 13.3. The fourth-order valence-corrected chi connectivity index (χ4v) is 4.45. The molecule has 1 aromatic heterocycles. The van der Waals surface area contributed by atoms with Crippen LogP contribution in [0, 0.1) is 0 Å². The second-order valence-corrected chi connectivity index (χ2v) is 8.06. The van der Waals surface area contributed by atoms with Crippen LogP contribution in [0.1, 0.15) is 30.1 Å². The zero-order chi connectivity index (χ0) is 20.1. The number of methoxy groups -OCH3 is 1. The summed E-state index contributed by atoms with van der Waals surface area (Å²) in [5.41, 5.74) is 1.90. The first-order valence-electron chi connectivity index (χ1n) is 9.82. The number of aromatic amines is 1. The van der Waals surface area contributed by atoms with Gasteiger partial charge in [-0.15, -0.1) is 5.10 Å². The summed E-state index contributed by atoms with van der Waals surface area (Å²) in [7, 11) is 1.64. The van der Waals surface area contributed by atoms with Crippen LogP contribution in [0.25, 0.3) is 11.4 Å². The van der Waals surface area contributed by atoms with Crippen LogP contribution < -0.4 is 4.74 Å². The number of nitrogens with one attached hydrogen (secondary N) is 1. The zero-order valence-corrected chi connectivity index (χ0v) is 17.2. The lowest BCUT2D eigenvalue weighted by molar-refractivity contribution is -0.131. The minimum Gasteiger partial charge on any atom is -0.497 e. The van der Waals surface area contributed by atoms with E-state index in [-0.39, 0.29) is 11.2 Å². The number of carbonyl (C=O) groups is 1. The van der Waals surface area contributed by atoms with E-state index < -0.39 is 0 Å². The Labute approximate surface area is 174 Å². The number of amides is 1. The molecule has 3 aromatic rings. The molecule has 150 valence electrons. The molecule has 1 unspecified atom stereocenters. The van der Waals surface area contributed by atoms with Gasteiger partial charge in [0.2, 0.25) is 11.1 Å². The van der Waals surface area contributed by atoms with Gasteiger partial charge in [-0.3, -0.25) is 9.89 Å². The minimum absolute atomic E-state index is 0.136. The van der Waals surface area contributed by atoms with Crippen LogP contribution in [0.4, 0.5) is 0 Å². The van der Waals surface area contributed by atoms with Crippen LogP contribution in [0.2, 0.25) is 0 Å². The number of hydrogen-bond acceptors (Lipinski definition) is 5. The molecule has 0 saturated carbocycles. The average Bonchev–Trinajstić information content (AvgIpc) is 3.27. The number of aromatic nitrogens is 3. The van der Waals surface area contributed by atoms with Crippen LogP contribution in [0.15, 0.2) is 59.8 Å². The van der Waals surface area contributed by atoms with Gasteiger partial charge in [-0.05, 0) is 49.1 Å². The van der Waals surface area contributed by atoms with E-state index in [0.29, 0.717) is 11.0 Å². The van der Waals surface area contributed by atoms with Gasteiger partial charge < -0.3 is 9.64 Å². The Balaban J connectivity index is 1.56. The largest absolute Gasteiger partial charge is 0.497 e. The number of H-pyrrole nitrogens is 1. The third-order valence-electron chi connectivity index (χ3n) is 5.05. The van der Waals surface area contributed by atoms with Crippen molar-refractivity contribution in [1.82, 2.24) is 20.1 Å². The van der Waals surface area contributed by atoms with E-state index in [1.165, 1.54) is 18.2 Å². The van der Waals surface area contributed by atoms with Crippen molar-refractivity contribution in [3.05, 3.63) is 60.2 Å². The van der Waals surface area contributed by atoms with Crippen molar-refractivity contribution in [2.45, 2.75) is 29.7 Å². The second-order valence-electron chi connectivity index (χ2n) is 6.99. The number of benzene rings is 2. The highest BCUT2D eigenvalue weighted by molar-refractivity contribution is 8.00. The van der Waals surface area contributed by atoms with Crippen molar-refractivity contribution in [3.8, 4) is 17.1 Å². The predicted molar refractivity (Wildman–Crippen MR) is 114 cm³/mol. The standard InChI is InChI=1S/C22H24N4O2S/c1-28-18-12-10-17(11-13-18)20-23-22(25-24-20)29-19(16-8-4-2-5-9-16)21(27)26-14-6-3-7-15-26/h2,4-5,8-13,19H,3,6-7,14-15H2,1H3,(H,23,24,25). The summed E-state index contributed by atoms with van der Waals surface area (Å²) >= 11 is 1.40. The first-order valence-corrected chi connectivity index (χ1v) is 10.7. The Kier molecular flexibility index (Phi) is 6.14. The quantitative estimate of drug-likeness (QED) is 0.615. The molecular formula is C22H24N4O2S. The molecule has 1 atom stereocenters. The van der Waals surface area contributed by atoms with Gasteiger partial charge in [0, 0.05) is 18.7 Å². The summed E-state index contributed by atoms with van der Waals surface area (Å²) in [5, 5.41) is 7.55. The smallest absolute Gasteiger partial charge is 0.240 e. The van der Waals surface area contributed by atoms with Crippen LogP contribution >= 0.6 is 11.8 Å². The van der Waals surface area contributed by atoms with E-state index in [0.717, 1.165) is 42.8 Å². The van der Waals surface area contributed by atoms with Gasteiger partial charge in [-0.2, -0.15) is 0 Å². The summed E-state index contributed by atoms with van der Waals surface area (Å²) in [5.74, 6) is 1.60. The number of ether oxygens (including phenoxy) is 1. The molecule has 29 heavy (non-hydrogen) atoms. The first-order chi connectivity index (χ1) is 14.2. The molecule has 4 rings (SSSR count). The van der Waals surface area contributed by atoms with Gasteiger partial charge in [0.25, 0.3) is 0 Å². The summed E-state index contributed by atoms with van der Waals surface area (Å²) in [6.07, 6.45) is 3.33. The molecule has 6 nitrogen and oxygen atoms in total. The highest BCUT2D eigenvalue weighted by atomic mass is 32.2. The third-order valence-corrected chi connectivity index (χ3v) is 6.15. The summed E-state index contributed by atoms with van der Waals surface area (Å²) in [6, 6.07) is 17.5. The highest BCUT2D eigenvalue weighted by Gasteiger charge is 2.29. The van der Waals surface area contributed by atoms with Gasteiger partial charge in [-0.1, -0.05) is 42.1 Å². The molecule has 1 fully saturated rings. The molecule has 0 aliphatic carbocycles. The third kappa shape index (κ3) is 4.62. The predicted octanol–water partition coefficient (Wildman–Crippen LogP) is 4.33. The van der Waals surface area contributed by atoms with E-state index in [2.05, 4.69) is 15.2 Å². The lowest BCUT2D eigenvalue weighted by atomic mass is 10.1. The van der Waals surface area contributed by atoms with Crippen LogP contribution in [0.5, 0.6) is 5.75 Å². The van der Waals surface area contributed by atoms with Crippen molar-refractivity contribution < 1.29 is 9.53 Å². The summed E-state index contributed by atoms with van der Waals surface area (Å²) in [6.45, 7) is 1.65. The van der Waals surface area contributed by atoms with E-state index in [9.17, 15) is 4.79 Å². The maximum atomic E-state index is 13.3. The Hall–Kier alpha value is -2.80. The molecule has 7 heteroatoms. The molecule has 0 spiro atoms. The topological polar surface area (TPSA) is 71.1 Å². The normalized spacial score (nSPS) is 15.1. The SMILES string of the molecule is COc1ccc(-c2nc(SC(C(=O)N3CCCCC3)c3ccccc3)n[nH]2)cc1. The Morgan fingerprint density at radius 2 is 1.79 bits per heavy atom. The monoisotopic (exact) mass is 408 g/mol. The Morgan fingerprint density at radius 3 is 2.48 bits per heavy atom. The number of nitrogens with zero attached hydrogens (tertiary/aromatic N) is 3. The van der Waals surface area contributed by atoms with E-state index >= 15 is 0 Å². The Morgan fingerprint density at radius 1 is 1.07 bits per heavy atom. The van der Waals surface area contributed by atoms with E-state index in [4.69, 9.17) is 4.74 Å². The average molecular weight is 409 g/mol. The number of thioether (sulfide) groups is 1. The van der Waals surface area contributed by atoms with Crippen molar-refractivity contribution in [2.75, 3.05) is 20.2 Å². The van der Waals surface area contributed by atoms with Crippen LogP contribution in [-0.4, -0.2) is 46.2 Å². The molecule has 1 N–H and O–H groups in total. The first kappa shape index (κ1) is 19.5. The number of hydrogen-bond donors (Lipinski definition) is 1. The summed E-state index contributed by atoms with van der Waals surface area (Å²) < 4.78 is 5.20. The number of piperidine rings is 1. The Bertz CT molecular complexity index is 937. The van der Waals surface area contributed by atoms with Crippen LogP contribution in [-0.2, 0) is 4.79 Å². The minimum atomic E-state index is -0.353. The maximum Gasteiger partial charge on any atom is 0.240 e. The lowest BCUT2D eigenvalue weighted by Gasteiger charge is -2.30. The molecule has 2 heterocycles. The fraction of sp³-hybridized carbons (Fsp3) is 0.318. The molecule has 1 aliphatic rings. The van der Waals surface area contributed by atoms with Crippen molar-refractivity contribution in [1.29, 1.82) is 0 Å². The molecule has 2 aromatic carbocycles. The van der Waals surface area contributed by atoms with Gasteiger partial charge in [0.15, 0.2) is 5.82 Å². The van der Waals surface area contributed by atoms with E-state index in [1.54, 1.807) is 7.11 Å². The molecule has 0 bridgehead atoms. The van der Waals surface area contributed by atoms with Crippen molar-refractivity contribution in [3.63, 3.8) is 0 Å². The van der Waals surface area contributed by atoms with Gasteiger partial charge in [-0.25, -0.2) is 4.98 Å². The molecular weight excluding hydrogens is 384 g/mol. The number of rotatable bonds is 6. The van der Waals surface area contributed by atoms with E-state index in [1.807, 2.05) is 59.5 Å². The number of carbonyl (C=O) groups excluding carboxylic acids is 1. The highest BCUT2D eigenvalue weighted by Crippen LogP contribution is 2.36. The number of likely N-dealkylation sites (tertiary alicyclic amines) is 1. The zero-order valence-electron chi connectivity index (χ0n) is 16.4. The van der Waals surface area contributed by atoms with Crippen molar-refractivity contribution >= 4 is 17.7 Å². The molecule has 1 aliphatic heterocycles. The molecule has 0 radical (unpaired) electrons. The molecule has 1 saturated heterocycles. The van der Waals surface area contributed by atoms with Crippen LogP contribution in [0.3, 0.4) is 0 Å². The lowest BCUT2D eigenvalue weighted by Crippen LogP contribution is -2.38. The van der Waals surface area contributed by atoms with Gasteiger partial charge >= 0.3 is 0 Å². The van der Waals surface area contributed by atoms with Crippen molar-refractivity contribution in [2.24, 2.45) is 0 Å². The van der Waals surface area contributed by atoms with Gasteiger partial charge in [0.1, 0.15) is 11.0 Å². The second kappa shape index (κ2) is 9.13.